The predicted molar refractivity (Wildman–Crippen MR) is 72.8 cm³/mol. The van der Waals surface area contributed by atoms with Crippen molar-refractivity contribution >= 4 is 17.5 Å². The van der Waals surface area contributed by atoms with Crippen molar-refractivity contribution in [3.05, 3.63) is 47.4 Å². The molecule has 0 unspecified atom stereocenters. The molecule has 0 spiro atoms. The van der Waals surface area contributed by atoms with E-state index in [-0.39, 0.29) is 5.69 Å². The van der Waals surface area contributed by atoms with Crippen LogP contribution in [0.2, 0.25) is 0 Å². The summed E-state index contributed by atoms with van der Waals surface area (Å²) in [6.07, 6.45) is 0.545. The summed E-state index contributed by atoms with van der Waals surface area (Å²) in [7, 11) is 0. The monoisotopic (exact) mass is 268 g/mol. The van der Waals surface area contributed by atoms with Crippen molar-refractivity contribution in [3.8, 4) is 6.07 Å². The van der Waals surface area contributed by atoms with Crippen LogP contribution in [0.15, 0.2) is 30.3 Å². The van der Waals surface area contributed by atoms with Gasteiger partial charge in [-0.2, -0.15) is 5.26 Å². The van der Waals surface area contributed by atoms with E-state index in [0.717, 1.165) is 5.69 Å². The van der Waals surface area contributed by atoms with E-state index in [2.05, 4.69) is 15.3 Å². The van der Waals surface area contributed by atoms with Gasteiger partial charge in [-0.3, -0.25) is 0 Å². The molecule has 6 nitrogen and oxygen atoms in total. The second kappa shape index (κ2) is 5.80. The van der Waals surface area contributed by atoms with E-state index in [4.69, 9.17) is 10.4 Å². The molecule has 0 fully saturated rings. The number of nitrogens with one attached hydrogen (secondary N) is 1. The van der Waals surface area contributed by atoms with Crippen LogP contribution in [0.25, 0.3) is 0 Å². The summed E-state index contributed by atoms with van der Waals surface area (Å²) < 4.78 is 0. The zero-order valence-corrected chi connectivity index (χ0v) is 10.8. The van der Waals surface area contributed by atoms with Gasteiger partial charge in [0.1, 0.15) is 11.6 Å². The molecular formula is C14H12N4O2. The van der Waals surface area contributed by atoms with Crippen LogP contribution >= 0.6 is 0 Å². The fourth-order valence-corrected chi connectivity index (χ4v) is 1.60. The number of nitrogens with zero attached hydrogens (tertiary/aromatic N) is 3. The fourth-order valence-electron chi connectivity index (χ4n) is 1.60. The number of nitriles is 1. The molecule has 0 atom stereocenters. The molecule has 0 amide bonds. The molecule has 0 aliphatic heterocycles. The summed E-state index contributed by atoms with van der Waals surface area (Å²) in [6.45, 7) is 1.85. The lowest BCUT2D eigenvalue weighted by molar-refractivity contribution is 0.0690. The maximum atomic E-state index is 11.0. The second-order valence-electron chi connectivity index (χ2n) is 4.03. The van der Waals surface area contributed by atoms with Gasteiger partial charge in [0.05, 0.1) is 11.6 Å². The third-order valence-corrected chi connectivity index (χ3v) is 2.59. The highest BCUT2D eigenvalue weighted by molar-refractivity contribution is 5.86. The Bertz CT molecular complexity index is 675. The average molecular weight is 268 g/mol. The number of carboxylic acid groups (broad SMARTS) is 1. The average Bonchev–Trinajstić information content (AvgIpc) is 2.47. The minimum Gasteiger partial charge on any atom is -0.477 e. The molecule has 2 aromatic rings. The third-order valence-electron chi connectivity index (χ3n) is 2.59. The highest BCUT2D eigenvalue weighted by atomic mass is 16.4. The normalized spacial score (nSPS) is 9.80. The van der Waals surface area contributed by atoms with Crippen molar-refractivity contribution in [1.82, 2.24) is 9.97 Å². The summed E-state index contributed by atoms with van der Waals surface area (Å²) in [5.41, 5.74) is 1.23. The number of aromatic carboxylic acids is 1. The predicted octanol–water partition coefficient (Wildman–Crippen LogP) is 2.35. The molecular weight excluding hydrogens is 256 g/mol. The van der Waals surface area contributed by atoms with Crippen molar-refractivity contribution in [2.75, 3.05) is 5.32 Å². The van der Waals surface area contributed by atoms with Gasteiger partial charge in [-0.25, -0.2) is 14.8 Å². The smallest absolute Gasteiger partial charge is 0.354 e. The molecule has 1 aromatic heterocycles. The lowest BCUT2D eigenvalue weighted by Gasteiger charge is -2.08. The molecule has 1 aromatic carbocycles. The highest BCUT2D eigenvalue weighted by Crippen LogP contribution is 2.16. The van der Waals surface area contributed by atoms with Crippen molar-refractivity contribution in [2.24, 2.45) is 0 Å². The summed E-state index contributed by atoms with van der Waals surface area (Å²) in [5.74, 6) is -0.218. The van der Waals surface area contributed by atoms with Crippen LogP contribution in [0.5, 0.6) is 0 Å². The number of rotatable bonds is 4. The minimum absolute atomic E-state index is 0.0482. The molecule has 0 aliphatic rings. The van der Waals surface area contributed by atoms with E-state index >= 15 is 0 Å². The van der Waals surface area contributed by atoms with Crippen LogP contribution in [0, 0.1) is 11.3 Å². The lowest BCUT2D eigenvalue weighted by Crippen LogP contribution is -2.07. The van der Waals surface area contributed by atoms with E-state index in [0.29, 0.717) is 23.6 Å². The van der Waals surface area contributed by atoms with E-state index in [1.54, 1.807) is 24.3 Å². The molecule has 2 N–H and O–H groups in total. The molecule has 6 heteroatoms. The molecule has 1 heterocycles. The summed E-state index contributed by atoms with van der Waals surface area (Å²) in [6, 6.07) is 10.2. The largest absolute Gasteiger partial charge is 0.477 e. The van der Waals surface area contributed by atoms with E-state index in [9.17, 15) is 4.79 Å². The summed E-state index contributed by atoms with van der Waals surface area (Å²) in [4.78, 5) is 19.2. The molecule has 0 aliphatic carbocycles. The number of aryl methyl sites for hydroxylation is 1. The van der Waals surface area contributed by atoms with Crippen LogP contribution < -0.4 is 5.32 Å². The number of aromatic nitrogens is 2. The maximum Gasteiger partial charge on any atom is 0.354 e. The van der Waals surface area contributed by atoms with Gasteiger partial charge in [0, 0.05) is 18.2 Å². The number of benzene rings is 1. The molecule has 0 bridgehead atoms. The highest BCUT2D eigenvalue weighted by Gasteiger charge is 2.09. The number of hydrogen-bond donors (Lipinski definition) is 2. The first kappa shape index (κ1) is 13.5. The van der Waals surface area contributed by atoms with Crippen molar-refractivity contribution in [3.63, 3.8) is 0 Å². The lowest BCUT2D eigenvalue weighted by atomic mass is 10.2. The van der Waals surface area contributed by atoms with E-state index < -0.39 is 5.97 Å². The van der Waals surface area contributed by atoms with Crippen LogP contribution in [0.3, 0.4) is 0 Å². The maximum absolute atomic E-state index is 11.0. The first-order valence-corrected chi connectivity index (χ1v) is 6.01. The SMILES string of the molecule is CCc1nc(Nc2ccc(C#N)cc2)cc(C(=O)O)n1. The Hall–Kier alpha value is -2.94. The van der Waals surface area contributed by atoms with Crippen molar-refractivity contribution in [1.29, 1.82) is 5.26 Å². The Morgan fingerprint density at radius 2 is 2.05 bits per heavy atom. The van der Waals surface area contributed by atoms with Gasteiger partial charge < -0.3 is 10.4 Å². The zero-order chi connectivity index (χ0) is 14.5. The Morgan fingerprint density at radius 3 is 2.60 bits per heavy atom. The van der Waals surface area contributed by atoms with E-state index in [1.165, 1.54) is 6.07 Å². The van der Waals surface area contributed by atoms with Crippen molar-refractivity contribution < 1.29 is 9.90 Å². The fraction of sp³-hybridized carbons (Fsp3) is 0.143. The Morgan fingerprint density at radius 1 is 1.35 bits per heavy atom. The Kier molecular flexibility index (Phi) is 3.91. The molecule has 20 heavy (non-hydrogen) atoms. The number of carbonyl (C=O) groups is 1. The molecule has 100 valence electrons. The van der Waals surface area contributed by atoms with Crippen LogP contribution in [0.1, 0.15) is 28.8 Å². The van der Waals surface area contributed by atoms with Gasteiger partial charge in [0.25, 0.3) is 0 Å². The molecule has 2 rings (SSSR count). The second-order valence-corrected chi connectivity index (χ2v) is 4.03. The third kappa shape index (κ3) is 3.09. The molecule has 0 saturated heterocycles. The van der Waals surface area contributed by atoms with Gasteiger partial charge in [-0.1, -0.05) is 6.92 Å². The van der Waals surface area contributed by atoms with Crippen molar-refractivity contribution in [2.45, 2.75) is 13.3 Å². The van der Waals surface area contributed by atoms with E-state index in [1.807, 2.05) is 13.0 Å². The Balaban J connectivity index is 2.30. The van der Waals surface area contributed by atoms with Gasteiger partial charge in [0.15, 0.2) is 5.69 Å². The van der Waals surface area contributed by atoms with Gasteiger partial charge in [-0.05, 0) is 24.3 Å². The quantitative estimate of drug-likeness (QED) is 0.883. The minimum atomic E-state index is -1.09. The van der Waals surface area contributed by atoms with Gasteiger partial charge in [-0.15, -0.1) is 0 Å². The first-order chi connectivity index (χ1) is 9.62. The summed E-state index contributed by atoms with van der Waals surface area (Å²) >= 11 is 0. The number of anilines is 2. The summed E-state index contributed by atoms with van der Waals surface area (Å²) in [5, 5.41) is 20.7. The van der Waals surface area contributed by atoms with Gasteiger partial charge >= 0.3 is 5.97 Å². The standard InChI is InChI=1S/C14H12N4O2/c1-2-12-17-11(14(19)20)7-13(18-12)16-10-5-3-9(8-15)4-6-10/h3-7H,2H2,1H3,(H,19,20)(H,16,17,18). The first-order valence-electron chi connectivity index (χ1n) is 6.01. The van der Waals surface area contributed by atoms with Crippen LogP contribution in [-0.2, 0) is 6.42 Å². The topological polar surface area (TPSA) is 98.9 Å². The van der Waals surface area contributed by atoms with Gasteiger partial charge in [0.2, 0.25) is 0 Å². The zero-order valence-electron chi connectivity index (χ0n) is 10.8. The van der Waals surface area contributed by atoms with Crippen LogP contribution in [0.4, 0.5) is 11.5 Å². The molecule has 0 saturated carbocycles. The molecule has 0 radical (unpaired) electrons. The number of carboxylic acids is 1. The van der Waals surface area contributed by atoms with Crippen LogP contribution in [-0.4, -0.2) is 21.0 Å². The Labute approximate surface area is 115 Å². The number of hydrogen-bond acceptors (Lipinski definition) is 5.